The lowest BCUT2D eigenvalue weighted by Crippen LogP contribution is -1.99. The minimum atomic E-state index is 0.798. The summed E-state index contributed by atoms with van der Waals surface area (Å²) in [4.78, 5) is 0. The molecule has 39 valence electrons. The van der Waals surface area contributed by atoms with E-state index in [1.807, 2.05) is 24.3 Å². The van der Waals surface area contributed by atoms with E-state index in [9.17, 15) is 0 Å². The second-order valence-corrected chi connectivity index (χ2v) is 2.20. The van der Waals surface area contributed by atoms with Crippen LogP contribution in [0.15, 0.2) is 24.3 Å². The van der Waals surface area contributed by atoms with Gasteiger partial charge in [-0.15, -0.1) is 0 Å². The number of nitrogen functional groups attached to an aromatic ring is 1. The predicted molar refractivity (Wildman–Crippen MR) is 36.2 cm³/mol. The molecule has 0 aliphatic carbocycles. The third-order valence-electron chi connectivity index (χ3n) is 0.911. The minimum absolute atomic E-state index is 0.798. The number of anilines is 1. The number of nitrogens with two attached hydrogens (primary N) is 1. The van der Waals surface area contributed by atoms with Crippen molar-refractivity contribution in [3.8, 4) is 0 Å². The molecule has 2 heteroatoms. The van der Waals surface area contributed by atoms with Crippen LogP contribution < -0.4 is 10.9 Å². The fourth-order valence-electron chi connectivity index (χ4n) is 0.483. The topological polar surface area (TPSA) is 26.0 Å². The van der Waals surface area contributed by atoms with Crippen molar-refractivity contribution in [2.45, 2.75) is 0 Å². The van der Waals surface area contributed by atoms with Gasteiger partial charge in [0.2, 0.25) is 0 Å². The summed E-state index contributed by atoms with van der Waals surface area (Å²) < 4.78 is 0. The smallest absolute Gasteiger partial charge is 0.0711 e. The van der Waals surface area contributed by atoms with Gasteiger partial charge in [-0.05, 0) is 12.1 Å². The Balaban J connectivity index is 3.03. The summed E-state index contributed by atoms with van der Waals surface area (Å²) in [6.07, 6.45) is 0. The molecule has 0 saturated carbocycles. The van der Waals surface area contributed by atoms with Crippen LogP contribution in [0, 0.1) is 0 Å². The van der Waals surface area contributed by atoms with Crippen LogP contribution in [0.25, 0.3) is 0 Å². The molecule has 0 saturated heterocycles. The van der Waals surface area contributed by atoms with Gasteiger partial charge in [0.25, 0.3) is 0 Å². The Morgan fingerprint density at radius 2 is 1.62 bits per heavy atom. The third-order valence-corrected chi connectivity index (χ3v) is 1.24. The summed E-state index contributed by atoms with van der Waals surface area (Å²) in [6.45, 7) is 0. The first-order valence-electron chi connectivity index (χ1n) is 2.36. The fourth-order valence-corrected chi connectivity index (χ4v) is 0.650. The Kier molecular flexibility index (Phi) is 1.35. The summed E-state index contributed by atoms with van der Waals surface area (Å²) in [5.41, 5.74) is 6.20. The molecule has 1 aromatic carbocycles. The molecule has 0 fully saturated rings. The quantitative estimate of drug-likeness (QED) is 0.380. The van der Waals surface area contributed by atoms with E-state index in [4.69, 9.17) is 5.73 Å². The van der Waals surface area contributed by atoms with E-state index in [1.165, 1.54) is 0 Å². The average Bonchev–Trinajstić information content (AvgIpc) is 1.77. The van der Waals surface area contributed by atoms with Gasteiger partial charge in [-0.1, -0.05) is 17.3 Å². The third kappa shape index (κ3) is 1.10. The molecule has 1 nitrogen and oxygen atoms in total. The Morgan fingerprint density at radius 3 is 2.00 bits per heavy atom. The maximum Gasteiger partial charge on any atom is 0.0711 e. The molecule has 1 rings (SSSR count). The van der Waals surface area contributed by atoms with E-state index in [2.05, 4.69) is 10.2 Å². The Bertz CT molecular complexity index is 147. The molecule has 0 spiro atoms. The second kappa shape index (κ2) is 2.00. The van der Waals surface area contributed by atoms with Gasteiger partial charge in [0, 0.05) is 5.69 Å². The van der Waals surface area contributed by atoms with Crippen LogP contribution in [0.1, 0.15) is 0 Å². The summed E-state index contributed by atoms with van der Waals surface area (Å²) >= 11 is 0. The van der Waals surface area contributed by atoms with Crippen LogP contribution in [0.5, 0.6) is 0 Å². The highest BCUT2D eigenvalue weighted by Crippen LogP contribution is 1.93. The van der Waals surface area contributed by atoms with Crippen LogP contribution >= 0.6 is 0 Å². The largest absolute Gasteiger partial charge is 0.399 e. The van der Waals surface area contributed by atoms with E-state index in [0.717, 1.165) is 10.9 Å². The van der Waals surface area contributed by atoms with Crippen LogP contribution in [-0.2, 0) is 0 Å². The molecule has 8 heavy (non-hydrogen) atoms. The second-order valence-electron chi connectivity index (χ2n) is 1.62. The van der Waals surface area contributed by atoms with Crippen molar-refractivity contribution >= 4 is 21.1 Å². The van der Waals surface area contributed by atoms with Gasteiger partial charge >= 0.3 is 0 Å². The summed E-state index contributed by atoms with van der Waals surface area (Å²) in [6, 6.07) is 7.52. The normalized spacial score (nSPS) is 9.12. The van der Waals surface area contributed by atoms with Crippen LogP contribution in [0.4, 0.5) is 5.69 Å². The maximum atomic E-state index is 5.41. The first-order valence-corrected chi connectivity index (χ1v) is 2.86. The molecule has 0 bridgehead atoms. The average molecular weight is 120 g/mol. The van der Waals surface area contributed by atoms with E-state index in [1.54, 1.807) is 0 Å². The first-order chi connectivity index (χ1) is 3.79. The van der Waals surface area contributed by atoms with Gasteiger partial charge in [0.05, 0.1) is 10.2 Å². The van der Waals surface area contributed by atoms with Crippen LogP contribution in [0.2, 0.25) is 0 Å². The zero-order valence-corrected chi connectivity index (χ0v) is 5.39. The molecular formula is C6H6NSi. The molecule has 0 heterocycles. The summed E-state index contributed by atoms with van der Waals surface area (Å²) in [5, 5.41) is 1.05. The van der Waals surface area contributed by atoms with E-state index in [-0.39, 0.29) is 0 Å². The van der Waals surface area contributed by atoms with E-state index in [0.29, 0.717) is 0 Å². The molecule has 0 amide bonds. The Morgan fingerprint density at radius 1 is 1.12 bits per heavy atom. The van der Waals surface area contributed by atoms with E-state index >= 15 is 0 Å². The number of rotatable bonds is 0. The molecule has 0 aliphatic heterocycles. The van der Waals surface area contributed by atoms with Crippen molar-refractivity contribution in [3.05, 3.63) is 24.3 Å². The first kappa shape index (κ1) is 5.38. The standard InChI is InChI=1S/C6H6NSi/c7-5-1-3-6(8)4-2-5/h1-4H,7H2. The Labute approximate surface area is 51.9 Å². The Hall–Kier alpha value is -0.763. The highest BCUT2D eigenvalue weighted by molar-refractivity contribution is 6.32. The van der Waals surface area contributed by atoms with Crippen molar-refractivity contribution in [1.29, 1.82) is 0 Å². The van der Waals surface area contributed by atoms with Gasteiger partial charge in [-0.3, -0.25) is 0 Å². The van der Waals surface area contributed by atoms with Gasteiger partial charge < -0.3 is 5.73 Å². The predicted octanol–water partition coefficient (Wildman–Crippen LogP) is 0.0626. The van der Waals surface area contributed by atoms with Gasteiger partial charge in [0.1, 0.15) is 0 Å². The lowest BCUT2D eigenvalue weighted by atomic mass is 10.3. The fraction of sp³-hybridized carbons (Fsp3) is 0. The number of benzene rings is 1. The number of hydrogen-bond acceptors (Lipinski definition) is 1. The van der Waals surface area contributed by atoms with Crippen molar-refractivity contribution in [1.82, 2.24) is 0 Å². The molecular weight excluding hydrogens is 114 g/mol. The molecule has 1 aromatic rings. The molecule has 0 aromatic heterocycles. The SMILES string of the molecule is Nc1ccc([Si])cc1. The van der Waals surface area contributed by atoms with Crippen LogP contribution in [0.3, 0.4) is 0 Å². The van der Waals surface area contributed by atoms with Gasteiger partial charge in [-0.2, -0.15) is 0 Å². The van der Waals surface area contributed by atoms with Crippen LogP contribution in [-0.4, -0.2) is 10.2 Å². The zero-order valence-electron chi connectivity index (χ0n) is 4.39. The molecule has 2 N–H and O–H groups in total. The maximum absolute atomic E-state index is 5.41. The highest BCUT2D eigenvalue weighted by atomic mass is 28.1. The zero-order chi connectivity index (χ0) is 5.98. The van der Waals surface area contributed by atoms with Gasteiger partial charge in [-0.25, -0.2) is 0 Å². The highest BCUT2D eigenvalue weighted by Gasteiger charge is 1.80. The van der Waals surface area contributed by atoms with Crippen molar-refractivity contribution < 1.29 is 0 Å². The monoisotopic (exact) mass is 120 g/mol. The lowest BCUT2D eigenvalue weighted by Gasteiger charge is -1.90. The lowest BCUT2D eigenvalue weighted by molar-refractivity contribution is 1.73. The van der Waals surface area contributed by atoms with Crippen molar-refractivity contribution in [2.75, 3.05) is 5.73 Å². The van der Waals surface area contributed by atoms with Gasteiger partial charge in [0.15, 0.2) is 0 Å². The molecule has 0 aliphatic rings. The summed E-state index contributed by atoms with van der Waals surface area (Å²) in [7, 11) is 3.34. The van der Waals surface area contributed by atoms with Crippen molar-refractivity contribution in [3.63, 3.8) is 0 Å². The summed E-state index contributed by atoms with van der Waals surface area (Å²) in [5.74, 6) is 0. The molecule has 0 atom stereocenters. The van der Waals surface area contributed by atoms with Crippen molar-refractivity contribution in [2.24, 2.45) is 0 Å². The minimum Gasteiger partial charge on any atom is -0.399 e. The van der Waals surface area contributed by atoms with E-state index < -0.39 is 0 Å². The number of hydrogen-bond donors (Lipinski definition) is 1. The molecule has 3 radical (unpaired) electrons. The molecule has 0 unspecified atom stereocenters.